The lowest BCUT2D eigenvalue weighted by Gasteiger charge is -2.55. The first-order valence-electron chi connectivity index (χ1n) is 42.9. The average Bonchev–Trinajstić information content (AvgIpc) is 2.21. The molecule has 0 aromatic carbocycles. The van der Waals surface area contributed by atoms with E-state index in [1.165, 1.54) is 120 Å². The first-order chi connectivity index (χ1) is 42.9. The van der Waals surface area contributed by atoms with Gasteiger partial charge >= 0.3 is 0 Å². The van der Waals surface area contributed by atoms with Gasteiger partial charge in [0.15, 0.2) is 0 Å². The van der Waals surface area contributed by atoms with Crippen LogP contribution in [0.25, 0.3) is 0 Å². The second kappa shape index (κ2) is 28.5. The van der Waals surface area contributed by atoms with Crippen LogP contribution in [0.1, 0.15) is 371 Å². The molecule has 14 atom stereocenters. The van der Waals surface area contributed by atoms with Gasteiger partial charge in [-0.1, -0.05) is 178 Å². The van der Waals surface area contributed by atoms with E-state index < -0.39 is 0 Å². The zero-order valence-electron chi connectivity index (χ0n) is 61.2. The van der Waals surface area contributed by atoms with E-state index in [0.717, 1.165) is 170 Å². The molecule has 0 amide bonds. The van der Waals surface area contributed by atoms with Crippen LogP contribution in [0.15, 0.2) is 0 Å². The maximum atomic E-state index is 2.54. The van der Waals surface area contributed by atoms with Gasteiger partial charge in [-0.15, -0.1) is 0 Å². The lowest BCUT2D eigenvalue weighted by atomic mass is 9.50. The van der Waals surface area contributed by atoms with Crippen molar-refractivity contribution in [1.82, 2.24) is 0 Å². The Morgan fingerprint density at radius 3 is 1.01 bits per heavy atom. The predicted molar refractivity (Wildman–Crippen MR) is 381 cm³/mol. The highest BCUT2D eigenvalue weighted by Crippen LogP contribution is 2.66. The molecule has 89 heavy (non-hydrogen) atoms. The number of hydrogen-bond donors (Lipinski definition) is 0. The predicted octanol–water partition coefficient (Wildman–Crippen LogP) is 26.9. The van der Waals surface area contributed by atoms with Crippen molar-refractivity contribution >= 4 is 0 Å². The van der Waals surface area contributed by atoms with Crippen molar-refractivity contribution < 1.29 is 0 Å². The van der Waals surface area contributed by atoms with Crippen molar-refractivity contribution in [3.8, 4) is 0 Å². The molecule has 0 aliphatic heterocycles. The van der Waals surface area contributed by atoms with Gasteiger partial charge in [0.05, 0.1) is 0 Å². The molecule has 13 unspecified atom stereocenters. The second-order valence-corrected chi connectivity index (χ2v) is 42.0. The molecule has 27 aliphatic carbocycles. The monoisotopic (exact) mass is 1220 g/mol. The highest BCUT2D eigenvalue weighted by atomic mass is 14.6. The van der Waals surface area contributed by atoms with Gasteiger partial charge in [-0.25, -0.2) is 0 Å². The van der Waals surface area contributed by atoms with Crippen LogP contribution in [0.4, 0.5) is 0 Å². The number of rotatable bonds is 0. The molecule has 0 aromatic heterocycles. The van der Waals surface area contributed by atoms with Crippen LogP contribution in [-0.4, -0.2) is 0 Å². The highest BCUT2D eigenvalue weighted by Gasteiger charge is 2.55. The zero-order chi connectivity index (χ0) is 61.2. The molecule has 0 spiro atoms. The summed E-state index contributed by atoms with van der Waals surface area (Å²) >= 11 is 0. The van der Waals surface area contributed by atoms with E-state index in [2.05, 4.69) is 62.3 Å². The van der Waals surface area contributed by atoms with Gasteiger partial charge in [0.2, 0.25) is 0 Å². The molecule has 27 rings (SSSR count). The summed E-state index contributed by atoms with van der Waals surface area (Å²) in [5.74, 6) is 32.8. The van der Waals surface area contributed by atoms with Crippen LogP contribution in [0.3, 0.4) is 0 Å². The van der Waals surface area contributed by atoms with Gasteiger partial charge in [-0.05, 0) is 380 Å². The summed E-state index contributed by atoms with van der Waals surface area (Å²) in [6.07, 6.45) is 74.9. The van der Waals surface area contributed by atoms with E-state index in [1.54, 1.807) is 205 Å². The Kier molecular flexibility index (Phi) is 21.2. The van der Waals surface area contributed by atoms with Gasteiger partial charge in [0.1, 0.15) is 0 Å². The molecule has 0 nitrogen and oxygen atoms in total. The van der Waals surface area contributed by atoms with Crippen molar-refractivity contribution in [1.29, 1.82) is 0 Å². The van der Waals surface area contributed by atoms with E-state index >= 15 is 0 Å². The molecule has 27 aliphatic rings. The summed E-state index contributed by atoms with van der Waals surface area (Å²) in [4.78, 5) is 0. The highest BCUT2D eigenvalue weighted by molar-refractivity contribution is 5.06. The molecule has 0 saturated heterocycles. The SMILES string of the molecule is CC12CC3CC(CC(C3)C1)C2.CC12CC3CC(CC1C3)C2.CC12CCCC(CCC1)C2.CC1C2CC3CC(C2)C1C3.CC1C2CC3CC(C2)CC1C3.CC1C2CCCC1CCC2.CC1CC2CCC1C2.CC1CC2CCC1CC2.C[C@H]1CCC2CCCC1C2. The van der Waals surface area contributed by atoms with Gasteiger partial charge in [0, 0.05) is 0 Å². The first kappa shape index (κ1) is 66.2. The first-order valence-corrected chi connectivity index (χ1v) is 42.9. The summed E-state index contributed by atoms with van der Waals surface area (Å²) in [5.41, 5.74) is 2.41. The fourth-order valence-electron chi connectivity index (χ4n) is 31.2. The Morgan fingerprint density at radius 2 is 0.607 bits per heavy atom. The molecule has 0 aromatic rings. The van der Waals surface area contributed by atoms with Crippen molar-refractivity contribution in [2.24, 2.45) is 188 Å². The Bertz CT molecular complexity index is 2080. The normalized spacial score (nSPS) is 54.9. The van der Waals surface area contributed by atoms with Crippen LogP contribution >= 0.6 is 0 Å². The van der Waals surface area contributed by atoms with Crippen molar-refractivity contribution in [3.05, 3.63) is 0 Å². The topological polar surface area (TPSA) is 0 Å². The summed E-state index contributed by atoms with van der Waals surface area (Å²) < 4.78 is 0. The van der Waals surface area contributed by atoms with Crippen molar-refractivity contribution in [2.45, 2.75) is 371 Å². The molecule has 27 fully saturated rings. The van der Waals surface area contributed by atoms with Crippen LogP contribution in [0.5, 0.6) is 0 Å². The Labute approximate surface area is 555 Å². The Morgan fingerprint density at radius 1 is 0.213 bits per heavy atom. The molecule has 508 valence electrons. The molecule has 27 saturated carbocycles. The lowest BCUT2D eigenvalue weighted by molar-refractivity contribution is -0.0411. The summed E-state index contributed by atoms with van der Waals surface area (Å²) in [7, 11) is 0. The molecule has 0 N–H and O–H groups in total. The van der Waals surface area contributed by atoms with Gasteiger partial charge in [0.25, 0.3) is 0 Å². The third-order valence-corrected chi connectivity index (χ3v) is 35.5. The van der Waals surface area contributed by atoms with E-state index in [0.29, 0.717) is 0 Å². The van der Waals surface area contributed by atoms with Crippen LogP contribution in [0, 0.1) is 188 Å². The molecular formula is C89H152. The molecule has 0 radical (unpaired) electrons. The maximum absolute atomic E-state index is 2.54. The summed E-state index contributed by atoms with van der Waals surface area (Å²) in [6.45, 7) is 22.4. The summed E-state index contributed by atoms with van der Waals surface area (Å²) in [5, 5.41) is 0. The van der Waals surface area contributed by atoms with E-state index in [1.807, 2.05) is 0 Å². The Balaban J connectivity index is 0.0000000878. The Hall–Kier alpha value is 0. The zero-order valence-corrected chi connectivity index (χ0v) is 61.2. The average molecular weight is 1220 g/mol. The van der Waals surface area contributed by atoms with Crippen molar-refractivity contribution in [3.63, 3.8) is 0 Å². The van der Waals surface area contributed by atoms with Gasteiger partial charge in [-0.2, -0.15) is 0 Å². The third-order valence-electron chi connectivity index (χ3n) is 35.5. The third kappa shape index (κ3) is 15.6. The minimum absolute atomic E-state index is 0.779. The van der Waals surface area contributed by atoms with Crippen LogP contribution in [-0.2, 0) is 0 Å². The van der Waals surface area contributed by atoms with Gasteiger partial charge in [-0.3, -0.25) is 0 Å². The number of hydrogen-bond acceptors (Lipinski definition) is 0. The molecular weight excluding hydrogens is 1070 g/mol. The minimum atomic E-state index is 0.779. The maximum Gasteiger partial charge on any atom is -0.0292 e. The quantitative estimate of drug-likeness (QED) is 0.227. The standard InChI is InChI=1S/2C11H18.2C10H16.3C10H18.C9H16.C8H14/c1-11-5-8-2-9(6-11)4-10(3-8)7-11;1-7-10-3-8-2-9(5-10)6-11(7)4-8;1-10-5-7-2-8(6-10)4-9(10)3-7;1-6-8-2-7-3-9(5-8)10(6)4-7;1-10-6-2-4-9(8-10)5-3-7-10;1-8-9-4-2-5-10(8)7-3-6-9;1-8-5-6-9-3-2-4-10(8)7-9;1-7-6-8-2-4-9(7)5-3-8;1-6-4-7-2-3-8(6)5-7/h8-10H,2-7H2,1H3;7-11H,2-6H2,1H3;7-9H,2-6H2,1H3;6-10H,2-5H2,1H3;9H,2-8H2,1H3;2*8-10H,2-7H2,1H3;7-9H,2-6H2,1H3;6-8H,2-5H2,1H3/t;;;;;;8-,9?,10?;;/m......0../s1. The fraction of sp³-hybridized carbons (Fsp3) is 1.00. The summed E-state index contributed by atoms with van der Waals surface area (Å²) in [6, 6.07) is 0. The molecule has 0 heteroatoms. The van der Waals surface area contributed by atoms with Gasteiger partial charge < -0.3 is 0 Å². The van der Waals surface area contributed by atoms with E-state index in [9.17, 15) is 0 Å². The van der Waals surface area contributed by atoms with Crippen LogP contribution < -0.4 is 0 Å². The largest absolute Gasteiger partial charge is 0.0622 e. The lowest BCUT2D eigenvalue weighted by Crippen LogP contribution is -2.44. The minimum Gasteiger partial charge on any atom is -0.0622 e. The smallest absolute Gasteiger partial charge is 0.0292 e. The number of fused-ring (bicyclic) bond motifs is 11. The van der Waals surface area contributed by atoms with E-state index in [-0.39, 0.29) is 0 Å². The van der Waals surface area contributed by atoms with Crippen molar-refractivity contribution in [2.75, 3.05) is 0 Å². The van der Waals surface area contributed by atoms with E-state index in [4.69, 9.17) is 0 Å². The van der Waals surface area contributed by atoms with Crippen LogP contribution in [0.2, 0.25) is 0 Å². The second-order valence-electron chi connectivity index (χ2n) is 42.0. The fourth-order valence-corrected chi connectivity index (χ4v) is 31.2. The molecule has 0 heterocycles. The molecule has 26 bridgehead atoms.